The number of benzene rings is 5. The normalized spacial score (nSPS) is 21.1. The van der Waals surface area contributed by atoms with Crippen LogP contribution in [-0.2, 0) is 30.1 Å². The number of hydrogen-bond acceptors (Lipinski definition) is 4. The van der Waals surface area contributed by atoms with Gasteiger partial charge in [-0.05, 0) is 91.5 Å². The summed E-state index contributed by atoms with van der Waals surface area (Å²) in [5.74, 6) is -0.951. The second-order valence-electron chi connectivity index (χ2n) is 15.4. The van der Waals surface area contributed by atoms with Crippen molar-refractivity contribution in [3.8, 4) is 0 Å². The van der Waals surface area contributed by atoms with Gasteiger partial charge in [-0.15, -0.1) is 0 Å². The van der Waals surface area contributed by atoms with Crippen molar-refractivity contribution in [1.82, 2.24) is 0 Å². The SMILES string of the molecule is Cc1cc(C)cc(C2(c3cc(C)cc(C)c3)OC(c3ccccc3)OC(c3cc(C)cc(C)c3)(c3cc(C)cc(C)c3)[C@H]3OC(C)(C)O[C@@H]32)c1. The van der Waals surface area contributed by atoms with E-state index in [-0.39, 0.29) is 0 Å². The first-order valence-corrected chi connectivity index (χ1v) is 17.8. The standard InChI is InChI=1S/C46H50O4/c1-28-16-29(2)21-37(20-28)45(38-22-30(3)17-31(4)23-38)41-42(48-44(9,10)47-41)46(39-24-32(5)18-33(6)25-39,40-26-34(7)19-35(8)27-40)50-43(49-45)36-14-12-11-13-15-36/h11-27,41-43H,1-10H3/t41-,42-/m0/s1. The molecule has 0 saturated carbocycles. The molecule has 2 aliphatic rings. The zero-order valence-corrected chi connectivity index (χ0v) is 31.2. The number of hydrogen-bond donors (Lipinski definition) is 0. The second kappa shape index (κ2) is 12.6. The summed E-state index contributed by atoms with van der Waals surface area (Å²) in [6, 6.07) is 37.2. The lowest BCUT2D eigenvalue weighted by molar-refractivity contribution is -0.271. The van der Waals surface area contributed by atoms with E-state index >= 15 is 0 Å². The molecule has 0 amide bonds. The molecule has 258 valence electrons. The van der Waals surface area contributed by atoms with Gasteiger partial charge in [-0.25, -0.2) is 0 Å². The van der Waals surface area contributed by atoms with Crippen LogP contribution in [0.5, 0.6) is 0 Å². The molecule has 7 rings (SSSR count). The van der Waals surface area contributed by atoms with Gasteiger partial charge in [-0.1, -0.05) is 148 Å². The highest BCUT2D eigenvalue weighted by atomic mass is 16.8. The molecule has 0 radical (unpaired) electrons. The molecule has 2 saturated heterocycles. The largest absolute Gasteiger partial charge is 0.341 e. The molecule has 2 fully saturated rings. The lowest BCUT2D eigenvalue weighted by Crippen LogP contribution is -2.53. The minimum Gasteiger partial charge on any atom is -0.341 e. The van der Waals surface area contributed by atoms with Crippen LogP contribution in [0.2, 0.25) is 0 Å². The molecule has 5 aromatic rings. The minimum absolute atomic E-state index is 0.629. The van der Waals surface area contributed by atoms with Crippen LogP contribution in [-0.4, -0.2) is 18.0 Å². The van der Waals surface area contributed by atoms with Gasteiger partial charge < -0.3 is 18.9 Å². The molecule has 0 N–H and O–H groups in total. The molecule has 2 aliphatic heterocycles. The average Bonchev–Trinajstić information content (AvgIpc) is 3.29. The van der Waals surface area contributed by atoms with Gasteiger partial charge in [0.15, 0.2) is 23.3 Å². The Morgan fingerprint density at radius 3 is 0.940 bits per heavy atom. The van der Waals surface area contributed by atoms with Crippen LogP contribution in [0, 0.1) is 55.4 Å². The number of ether oxygens (including phenoxy) is 4. The van der Waals surface area contributed by atoms with Gasteiger partial charge in [0.05, 0.1) is 0 Å². The van der Waals surface area contributed by atoms with E-state index < -0.39 is 35.5 Å². The number of aryl methyl sites for hydroxylation is 8. The summed E-state index contributed by atoms with van der Waals surface area (Å²) in [6.45, 7) is 21.2. The van der Waals surface area contributed by atoms with Crippen LogP contribution in [0.3, 0.4) is 0 Å². The van der Waals surface area contributed by atoms with Crippen LogP contribution >= 0.6 is 0 Å². The van der Waals surface area contributed by atoms with Crippen molar-refractivity contribution < 1.29 is 18.9 Å². The van der Waals surface area contributed by atoms with Crippen molar-refractivity contribution in [3.05, 3.63) is 175 Å². The first-order valence-electron chi connectivity index (χ1n) is 17.8. The van der Waals surface area contributed by atoms with E-state index in [9.17, 15) is 0 Å². The highest BCUT2D eigenvalue weighted by Gasteiger charge is 2.67. The van der Waals surface area contributed by atoms with Gasteiger partial charge >= 0.3 is 0 Å². The summed E-state index contributed by atoms with van der Waals surface area (Å²) in [5.41, 5.74) is 11.9. The lowest BCUT2D eigenvalue weighted by Gasteiger charge is -2.42. The quantitative estimate of drug-likeness (QED) is 0.187. The van der Waals surface area contributed by atoms with Gasteiger partial charge in [0.25, 0.3) is 0 Å². The van der Waals surface area contributed by atoms with Crippen molar-refractivity contribution in [2.45, 2.75) is 105 Å². The Balaban J connectivity index is 1.67. The molecule has 0 spiro atoms. The molecule has 0 unspecified atom stereocenters. The Morgan fingerprint density at radius 2 is 0.660 bits per heavy atom. The topological polar surface area (TPSA) is 36.9 Å². The number of rotatable bonds is 5. The zero-order chi connectivity index (χ0) is 35.6. The molecular weight excluding hydrogens is 617 g/mol. The van der Waals surface area contributed by atoms with E-state index in [0.717, 1.165) is 72.3 Å². The van der Waals surface area contributed by atoms with E-state index in [0.29, 0.717) is 0 Å². The second-order valence-corrected chi connectivity index (χ2v) is 15.4. The molecule has 4 heteroatoms. The van der Waals surface area contributed by atoms with Crippen molar-refractivity contribution in [3.63, 3.8) is 0 Å². The lowest BCUT2D eigenvalue weighted by atomic mass is 9.70. The van der Waals surface area contributed by atoms with Crippen LogP contribution in [0.25, 0.3) is 0 Å². The van der Waals surface area contributed by atoms with E-state index in [2.05, 4.69) is 152 Å². The van der Waals surface area contributed by atoms with Gasteiger partial charge in [-0.3, -0.25) is 0 Å². The maximum absolute atomic E-state index is 7.78. The van der Waals surface area contributed by atoms with Crippen molar-refractivity contribution in [2.24, 2.45) is 0 Å². The smallest absolute Gasteiger partial charge is 0.187 e. The fourth-order valence-electron chi connectivity index (χ4n) is 8.62. The predicted molar refractivity (Wildman–Crippen MR) is 200 cm³/mol. The molecule has 2 heterocycles. The molecule has 50 heavy (non-hydrogen) atoms. The van der Waals surface area contributed by atoms with Crippen LogP contribution in [0.4, 0.5) is 0 Å². The maximum atomic E-state index is 7.78. The summed E-state index contributed by atoms with van der Waals surface area (Å²) in [4.78, 5) is 0. The molecular formula is C46H50O4. The van der Waals surface area contributed by atoms with Crippen molar-refractivity contribution in [2.75, 3.05) is 0 Å². The number of fused-ring (bicyclic) bond motifs is 1. The fraction of sp³-hybridized carbons (Fsp3) is 0.348. The molecule has 2 atom stereocenters. The van der Waals surface area contributed by atoms with Crippen LogP contribution < -0.4 is 0 Å². The van der Waals surface area contributed by atoms with E-state index in [4.69, 9.17) is 18.9 Å². The highest BCUT2D eigenvalue weighted by molar-refractivity contribution is 5.50. The average molecular weight is 667 g/mol. The van der Waals surface area contributed by atoms with Crippen LogP contribution in [0.1, 0.15) is 92.5 Å². The van der Waals surface area contributed by atoms with Gasteiger partial charge in [0, 0.05) is 5.56 Å². The monoisotopic (exact) mass is 666 g/mol. The van der Waals surface area contributed by atoms with Gasteiger partial charge in [0.2, 0.25) is 0 Å². The third kappa shape index (κ3) is 6.03. The molecule has 5 aromatic carbocycles. The highest BCUT2D eigenvalue weighted by Crippen LogP contribution is 2.59. The molecule has 0 bridgehead atoms. The molecule has 4 nitrogen and oxygen atoms in total. The Kier molecular flexibility index (Phi) is 8.68. The first kappa shape index (κ1) is 34.4. The first-order chi connectivity index (χ1) is 23.7. The van der Waals surface area contributed by atoms with Crippen molar-refractivity contribution >= 4 is 0 Å². The summed E-state index contributed by atoms with van der Waals surface area (Å²) in [6.07, 6.45) is -2.06. The Labute approximate surface area is 298 Å². The summed E-state index contributed by atoms with van der Waals surface area (Å²) < 4.78 is 30.1. The maximum Gasteiger partial charge on any atom is 0.187 e. The van der Waals surface area contributed by atoms with E-state index in [1.807, 2.05) is 19.9 Å². The zero-order valence-electron chi connectivity index (χ0n) is 31.2. The summed E-state index contributed by atoms with van der Waals surface area (Å²) in [5, 5.41) is 0. The van der Waals surface area contributed by atoms with E-state index in [1.54, 1.807) is 0 Å². The third-order valence-electron chi connectivity index (χ3n) is 10.2. The third-order valence-corrected chi connectivity index (χ3v) is 10.2. The predicted octanol–water partition coefficient (Wildman–Crippen LogP) is 10.6. The molecule has 0 aromatic heterocycles. The molecule has 0 aliphatic carbocycles. The summed E-state index contributed by atoms with van der Waals surface area (Å²) in [7, 11) is 0. The van der Waals surface area contributed by atoms with Crippen molar-refractivity contribution in [1.29, 1.82) is 0 Å². The fourth-order valence-corrected chi connectivity index (χ4v) is 8.62. The van der Waals surface area contributed by atoms with Gasteiger partial charge in [0.1, 0.15) is 12.2 Å². The van der Waals surface area contributed by atoms with Crippen LogP contribution in [0.15, 0.2) is 103 Å². The minimum atomic E-state index is -1.13. The Bertz CT molecular complexity index is 1750. The summed E-state index contributed by atoms with van der Waals surface area (Å²) >= 11 is 0. The Hall–Kier alpha value is -4.06. The Morgan fingerprint density at radius 1 is 0.380 bits per heavy atom. The van der Waals surface area contributed by atoms with Gasteiger partial charge in [-0.2, -0.15) is 0 Å². The van der Waals surface area contributed by atoms with E-state index in [1.165, 1.54) is 0 Å².